The van der Waals surface area contributed by atoms with Crippen LogP contribution in [0, 0.1) is 0 Å². The molecule has 1 atom stereocenters. The highest BCUT2D eigenvalue weighted by atomic mass is 35.5. The number of primary sulfonamides is 1. The molecule has 118 valence electrons. The summed E-state index contributed by atoms with van der Waals surface area (Å²) < 4.78 is 35.2. The first-order valence-corrected chi connectivity index (χ1v) is 9.83. The van der Waals surface area contributed by atoms with Gasteiger partial charge in [0.15, 0.2) is 0 Å². The van der Waals surface area contributed by atoms with Gasteiger partial charge in [-0.25, -0.2) is 18.4 Å². The summed E-state index contributed by atoms with van der Waals surface area (Å²) in [6, 6.07) is 5.46. The van der Waals surface area contributed by atoms with Crippen molar-refractivity contribution in [2.75, 3.05) is 0 Å². The zero-order valence-electron chi connectivity index (χ0n) is 10.9. The summed E-state index contributed by atoms with van der Waals surface area (Å²) in [5, 5.41) is 15.7. The molecule has 0 fully saturated rings. The van der Waals surface area contributed by atoms with E-state index in [1.165, 1.54) is 11.3 Å². The van der Waals surface area contributed by atoms with Crippen molar-refractivity contribution in [1.29, 1.82) is 0 Å². The number of nitrogens with two attached hydrogens (primary N) is 1. The second-order valence-electron chi connectivity index (χ2n) is 4.20. The maximum atomic E-state index is 12.4. The Bertz CT molecular complexity index is 846. The molecule has 10 heteroatoms. The smallest absolute Gasteiger partial charge is 0.336 e. The maximum absolute atomic E-state index is 12.4. The normalized spacial score (nSPS) is 13.0. The number of carboxylic acid groups (broad SMARTS) is 1. The van der Waals surface area contributed by atoms with Crippen LogP contribution in [0.25, 0.3) is 0 Å². The van der Waals surface area contributed by atoms with Crippen LogP contribution in [0.2, 0.25) is 5.02 Å². The monoisotopic (exact) mass is 379 g/mol. The first kappa shape index (κ1) is 17.1. The number of sulfonamides is 1. The topological polar surface area (TPSA) is 115 Å². The minimum Gasteiger partial charge on any atom is -0.478 e. The van der Waals surface area contributed by atoms with E-state index in [0.29, 0.717) is 0 Å². The molecule has 0 saturated carbocycles. The Kier molecular flexibility index (Phi) is 5.03. The van der Waals surface area contributed by atoms with Gasteiger partial charge in [0.1, 0.15) is 4.90 Å². The Balaban J connectivity index is 2.53. The minimum atomic E-state index is -4.17. The average Bonchev–Trinajstić information content (AvgIpc) is 2.89. The molecule has 3 N–H and O–H groups in total. The van der Waals surface area contributed by atoms with Crippen LogP contribution < -0.4 is 5.14 Å². The number of hydrogen-bond acceptors (Lipinski definition) is 5. The highest BCUT2D eigenvalue weighted by molar-refractivity contribution is 7.89. The van der Waals surface area contributed by atoms with Gasteiger partial charge in [0.2, 0.25) is 10.0 Å². The molecular formula is C12H10ClNO5S3. The number of carbonyl (C=O) groups is 1. The van der Waals surface area contributed by atoms with Gasteiger partial charge in [-0.05, 0) is 23.6 Å². The fourth-order valence-electron chi connectivity index (χ4n) is 1.71. The molecule has 0 bridgehead atoms. The Labute approximate surface area is 138 Å². The summed E-state index contributed by atoms with van der Waals surface area (Å²) in [7, 11) is -5.85. The molecule has 0 spiro atoms. The second-order valence-corrected chi connectivity index (χ2v) is 8.59. The number of benzene rings is 1. The molecule has 0 saturated heterocycles. The van der Waals surface area contributed by atoms with E-state index in [2.05, 4.69) is 0 Å². The van der Waals surface area contributed by atoms with Gasteiger partial charge in [-0.15, -0.1) is 11.3 Å². The van der Waals surface area contributed by atoms with Crippen molar-refractivity contribution >= 4 is 49.7 Å². The van der Waals surface area contributed by atoms with E-state index in [9.17, 15) is 22.5 Å². The molecule has 22 heavy (non-hydrogen) atoms. The summed E-state index contributed by atoms with van der Waals surface area (Å²) >= 11 is 7.22. The lowest BCUT2D eigenvalue weighted by molar-refractivity contribution is 0.0692. The van der Waals surface area contributed by atoms with Crippen LogP contribution in [0.15, 0.2) is 39.4 Å². The third-order valence-electron chi connectivity index (χ3n) is 2.67. The largest absolute Gasteiger partial charge is 0.478 e. The number of halogens is 1. The third-order valence-corrected chi connectivity index (χ3v) is 6.51. The lowest BCUT2D eigenvalue weighted by Crippen LogP contribution is -2.15. The van der Waals surface area contributed by atoms with Crippen molar-refractivity contribution in [2.24, 2.45) is 5.14 Å². The van der Waals surface area contributed by atoms with Crippen molar-refractivity contribution in [3.05, 3.63) is 45.1 Å². The van der Waals surface area contributed by atoms with Gasteiger partial charge in [0.25, 0.3) is 0 Å². The molecule has 2 aromatic rings. The number of rotatable bonds is 5. The van der Waals surface area contributed by atoms with E-state index in [-0.39, 0.29) is 15.7 Å². The van der Waals surface area contributed by atoms with Gasteiger partial charge in [-0.2, -0.15) is 0 Å². The summed E-state index contributed by atoms with van der Waals surface area (Å²) in [5.41, 5.74) is -0.400. The summed E-state index contributed by atoms with van der Waals surface area (Å²) in [5.74, 6) is -1.29. The first-order chi connectivity index (χ1) is 10.2. The summed E-state index contributed by atoms with van der Waals surface area (Å²) in [6.45, 7) is 0. The van der Waals surface area contributed by atoms with Crippen molar-refractivity contribution in [3.8, 4) is 0 Å². The predicted octanol–water partition coefficient (Wildman–Crippen LogP) is 2.05. The number of thiophene rings is 1. The SMILES string of the molecule is NS(=O)(=O)c1cc(C(=O)O)c(S(=O)Cc2cccs2)cc1Cl. The molecule has 1 unspecified atom stereocenters. The fraction of sp³-hybridized carbons (Fsp3) is 0.0833. The van der Waals surface area contributed by atoms with Crippen LogP contribution in [0.3, 0.4) is 0 Å². The second kappa shape index (κ2) is 6.47. The minimum absolute atomic E-state index is 0.0432. The van der Waals surface area contributed by atoms with E-state index >= 15 is 0 Å². The van der Waals surface area contributed by atoms with E-state index in [0.717, 1.165) is 17.0 Å². The zero-order chi connectivity index (χ0) is 16.5. The third kappa shape index (κ3) is 3.73. The van der Waals surface area contributed by atoms with Gasteiger partial charge in [-0.3, -0.25) is 4.21 Å². The maximum Gasteiger partial charge on any atom is 0.336 e. The van der Waals surface area contributed by atoms with Gasteiger partial charge in [-0.1, -0.05) is 17.7 Å². The van der Waals surface area contributed by atoms with E-state index in [4.69, 9.17) is 16.7 Å². The Morgan fingerprint density at radius 3 is 2.59 bits per heavy atom. The van der Waals surface area contributed by atoms with Crippen LogP contribution in [-0.4, -0.2) is 23.7 Å². The van der Waals surface area contributed by atoms with Gasteiger partial charge >= 0.3 is 5.97 Å². The molecule has 1 aromatic heterocycles. The Morgan fingerprint density at radius 2 is 2.09 bits per heavy atom. The Hall–Kier alpha value is -1.26. The van der Waals surface area contributed by atoms with Crippen LogP contribution >= 0.6 is 22.9 Å². The molecule has 0 aliphatic rings. The van der Waals surface area contributed by atoms with Gasteiger partial charge in [0, 0.05) is 4.88 Å². The molecular weight excluding hydrogens is 370 g/mol. The molecule has 2 rings (SSSR count). The standard InChI is InChI=1S/C12H10ClNO5S3/c13-9-5-10(21(17)6-7-2-1-3-20-7)8(12(15)16)4-11(9)22(14,18)19/h1-5H,6H2,(H,15,16)(H2,14,18,19). The number of aromatic carboxylic acids is 1. The van der Waals surface area contributed by atoms with E-state index < -0.39 is 37.3 Å². The van der Waals surface area contributed by atoms with Crippen molar-refractivity contribution < 1.29 is 22.5 Å². The first-order valence-electron chi connectivity index (χ1n) is 5.70. The van der Waals surface area contributed by atoms with Crippen LogP contribution in [0.4, 0.5) is 0 Å². The molecule has 0 aliphatic heterocycles. The quantitative estimate of drug-likeness (QED) is 0.825. The molecule has 0 radical (unpaired) electrons. The molecule has 1 aromatic carbocycles. The molecule has 1 heterocycles. The lowest BCUT2D eigenvalue weighted by atomic mass is 10.2. The molecule has 6 nitrogen and oxygen atoms in total. The highest BCUT2D eigenvalue weighted by Crippen LogP contribution is 2.28. The number of carboxylic acids is 1. The number of hydrogen-bond donors (Lipinski definition) is 2. The highest BCUT2D eigenvalue weighted by Gasteiger charge is 2.23. The van der Waals surface area contributed by atoms with Crippen molar-refractivity contribution in [3.63, 3.8) is 0 Å². The van der Waals surface area contributed by atoms with Crippen LogP contribution in [0.1, 0.15) is 15.2 Å². The van der Waals surface area contributed by atoms with Crippen LogP contribution in [-0.2, 0) is 26.6 Å². The zero-order valence-corrected chi connectivity index (χ0v) is 14.1. The van der Waals surface area contributed by atoms with E-state index in [1.807, 2.05) is 5.38 Å². The van der Waals surface area contributed by atoms with Gasteiger partial charge < -0.3 is 5.11 Å². The van der Waals surface area contributed by atoms with Crippen molar-refractivity contribution in [1.82, 2.24) is 0 Å². The van der Waals surface area contributed by atoms with Gasteiger partial charge in [0.05, 0.1) is 32.0 Å². The van der Waals surface area contributed by atoms with Crippen LogP contribution in [0.5, 0.6) is 0 Å². The Morgan fingerprint density at radius 1 is 1.41 bits per heavy atom. The predicted molar refractivity (Wildman–Crippen MR) is 84.2 cm³/mol. The lowest BCUT2D eigenvalue weighted by Gasteiger charge is -2.09. The summed E-state index contributed by atoms with van der Waals surface area (Å²) in [4.78, 5) is 11.6. The average molecular weight is 380 g/mol. The summed E-state index contributed by atoms with van der Waals surface area (Å²) in [6.07, 6.45) is 0. The molecule has 0 amide bonds. The van der Waals surface area contributed by atoms with Crippen molar-refractivity contribution in [2.45, 2.75) is 15.5 Å². The van der Waals surface area contributed by atoms with E-state index in [1.54, 1.807) is 12.1 Å². The fourth-order valence-corrected chi connectivity index (χ4v) is 5.11. The molecule has 0 aliphatic carbocycles.